The molecule has 0 fully saturated rings. The lowest BCUT2D eigenvalue weighted by atomic mass is 9.97. The van der Waals surface area contributed by atoms with Gasteiger partial charge in [0.25, 0.3) is 0 Å². The van der Waals surface area contributed by atoms with E-state index in [1.165, 1.54) is 12.5 Å². The van der Waals surface area contributed by atoms with E-state index in [0.717, 1.165) is 35.3 Å². The predicted molar refractivity (Wildman–Crippen MR) is 118 cm³/mol. The summed E-state index contributed by atoms with van der Waals surface area (Å²) in [6, 6.07) is 16.3. The Morgan fingerprint density at radius 1 is 0.963 bits per heavy atom. The molecule has 0 atom stereocenters. The van der Waals surface area contributed by atoms with E-state index in [9.17, 15) is 0 Å². The smallest absolute Gasteiger partial charge is 0.116 e. The Kier molecular flexibility index (Phi) is 12.0. The molecule has 1 aliphatic rings. The number of benzene rings is 2. The normalized spacial score (nSPS) is 14.1. The highest BCUT2D eigenvalue weighted by Crippen LogP contribution is 2.33. The van der Waals surface area contributed by atoms with Crippen LogP contribution in [-0.2, 0) is 11.3 Å². The van der Waals surface area contributed by atoms with Gasteiger partial charge >= 0.3 is 0 Å². The van der Waals surface area contributed by atoms with Crippen LogP contribution in [0.25, 0.3) is 11.4 Å². The van der Waals surface area contributed by atoms with Gasteiger partial charge in [-0.25, -0.2) is 0 Å². The van der Waals surface area contributed by atoms with Gasteiger partial charge in [-0.05, 0) is 18.6 Å². The molecule has 0 unspecified atom stereocenters. The Morgan fingerprint density at radius 3 is 2.00 bits per heavy atom. The van der Waals surface area contributed by atoms with Crippen molar-refractivity contribution in [2.24, 2.45) is 11.6 Å². The molecular weight excluding hydrogens is 336 g/mol. The molecule has 27 heavy (non-hydrogen) atoms. The van der Waals surface area contributed by atoms with Gasteiger partial charge in [0.15, 0.2) is 0 Å². The van der Waals surface area contributed by atoms with Gasteiger partial charge in [-0.1, -0.05) is 70.2 Å². The summed E-state index contributed by atoms with van der Waals surface area (Å²) in [5.74, 6) is 5.73. The topological polar surface area (TPSA) is 84.4 Å². The van der Waals surface area contributed by atoms with Gasteiger partial charge < -0.3 is 20.9 Å². The average molecular weight is 371 g/mol. The Morgan fingerprint density at radius 2 is 1.44 bits per heavy atom. The molecule has 0 saturated heterocycles. The number of para-hydroxylation sites is 1. The summed E-state index contributed by atoms with van der Waals surface area (Å²) in [6.45, 7) is 10.3. The highest BCUT2D eigenvalue weighted by molar-refractivity contribution is 5.93. The predicted octanol–water partition coefficient (Wildman–Crippen LogP) is 4.14. The summed E-state index contributed by atoms with van der Waals surface area (Å²) in [4.78, 5) is 11.0. The minimum atomic E-state index is 0.684. The number of carbonyl (C=O) groups is 1. The molecule has 0 aromatic heterocycles. The molecule has 0 aliphatic carbocycles. The van der Waals surface area contributed by atoms with Gasteiger partial charge in [-0.15, -0.1) is 0 Å². The number of nitrogens with two attached hydrogens (primary N) is 2. The summed E-state index contributed by atoms with van der Waals surface area (Å²) in [7, 11) is 2.07. The second-order valence-electron chi connectivity index (χ2n) is 5.20. The zero-order valence-corrected chi connectivity index (χ0v) is 17.4. The average Bonchev–Trinajstić information content (AvgIpc) is 2.72. The summed E-state index contributed by atoms with van der Waals surface area (Å²) in [6.07, 6.45) is 0.750. The molecule has 148 valence electrons. The molecule has 1 aliphatic heterocycles. The van der Waals surface area contributed by atoms with Crippen LogP contribution in [0.1, 0.15) is 51.3 Å². The lowest BCUT2D eigenvalue weighted by Crippen LogP contribution is -2.28. The monoisotopic (exact) mass is 370 g/mol. The van der Waals surface area contributed by atoms with Crippen molar-refractivity contribution in [2.75, 3.05) is 11.9 Å². The maximum Gasteiger partial charge on any atom is 0.116 e. The Hall–Kier alpha value is -2.79. The lowest BCUT2D eigenvalue weighted by Gasteiger charge is -2.28. The summed E-state index contributed by atoms with van der Waals surface area (Å²) in [5.41, 5.74) is 14.9. The van der Waals surface area contributed by atoms with Crippen molar-refractivity contribution >= 4 is 23.4 Å². The zero-order valence-electron chi connectivity index (χ0n) is 17.4. The fourth-order valence-electron chi connectivity index (χ4n) is 2.71. The quantitative estimate of drug-likeness (QED) is 0.399. The fraction of sp³-hybridized carbons (Fsp3) is 0.318. The number of hydrogen-bond donors (Lipinski definition) is 3. The molecule has 5 nitrogen and oxygen atoms in total. The highest BCUT2D eigenvalue weighted by atomic mass is 16.1. The minimum Gasteiger partial charge on any atom is -0.396 e. The van der Waals surface area contributed by atoms with Gasteiger partial charge in [-0.3, -0.25) is 5.84 Å². The van der Waals surface area contributed by atoms with E-state index >= 15 is 0 Å². The third-order valence-corrected chi connectivity index (χ3v) is 3.71. The SMILES string of the molecule is CC.CC.CC=O.CN1Cc2ccccc2/C(N)=C(/NN)c2ccccc21. The number of nitrogens with one attached hydrogen (secondary N) is 1. The van der Waals surface area contributed by atoms with Crippen molar-refractivity contribution in [2.45, 2.75) is 41.2 Å². The number of hydrogen-bond acceptors (Lipinski definition) is 5. The number of nitrogens with zero attached hydrogens (tertiary/aromatic N) is 1. The summed E-state index contributed by atoms with van der Waals surface area (Å²) < 4.78 is 0. The summed E-state index contributed by atoms with van der Waals surface area (Å²) in [5, 5.41) is 0. The van der Waals surface area contributed by atoms with E-state index in [-0.39, 0.29) is 0 Å². The molecule has 0 spiro atoms. The van der Waals surface area contributed by atoms with E-state index in [2.05, 4.69) is 29.5 Å². The van der Waals surface area contributed by atoms with Crippen LogP contribution >= 0.6 is 0 Å². The third kappa shape index (κ3) is 6.15. The molecule has 2 aromatic rings. The molecular formula is C22H34N4O. The number of rotatable bonds is 1. The first kappa shape index (κ1) is 24.2. The molecule has 0 radical (unpaired) electrons. The second-order valence-corrected chi connectivity index (χ2v) is 5.20. The van der Waals surface area contributed by atoms with Crippen LogP contribution in [-0.4, -0.2) is 13.3 Å². The van der Waals surface area contributed by atoms with Crippen molar-refractivity contribution in [1.82, 2.24) is 5.43 Å². The standard InChI is InChI=1S/C16H18N4.C2H4O.2C2H6/c1-20-10-11-6-2-3-7-12(11)15(17)16(19-18)13-8-4-5-9-14(13)20;1-2-3;2*1-2/h2-9,19H,10,17-18H2,1H3;2H,1H3;2*1-2H3/b16-15-;;;. The number of fused-ring (bicyclic) bond motifs is 2. The number of anilines is 1. The van der Waals surface area contributed by atoms with E-state index in [4.69, 9.17) is 16.4 Å². The maximum absolute atomic E-state index is 8.81. The van der Waals surface area contributed by atoms with Crippen molar-refractivity contribution in [3.05, 3.63) is 65.2 Å². The van der Waals surface area contributed by atoms with E-state index < -0.39 is 0 Å². The number of carbonyl (C=O) groups excluding carboxylic acids is 1. The van der Waals surface area contributed by atoms with E-state index in [1.54, 1.807) is 0 Å². The lowest BCUT2D eigenvalue weighted by molar-refractivity contribution is -0.106. The first-order valence-electron chi connectivity index (χ1n) is 9.39. The zero-order chi connectivity index (χ0) is 20.8. The van der Waals surface area contributed by atoms with Crippen LogP contribution in [0.4, 0.5) is 5.69 Å². The van der Waals surface area contributed by atoms with Crippen LogP contribution in [0.3, 0.4) is 0 Å². The minimum absolute atomic E-state index is 0.684. The Bertz CT molecular complexity index is 726. The molecule has 0 saturated carbocycles. The van der Waals surface area contributed by atoms with Crippen LogP contribution < -0.4 is 21.9 Å². The van der Waals surface area contributed by atoms with Crippen LogP contribution in [0.5, 0.6) is 0 Å². The molecule has 5 heteroatoms. The second kappa shape index (κ2) is 13.4. The molecule has 0 bridgehead atoms. The van der Waals surface area contributed by atoms with E-state index in [0.29, 0.717) is 5.70 Å². The van der Waals surface area contributed by atoms with Gasteiger partial charge in [-0.2, -0.15) is 0 Å². The summed E-state index contributed by atoms with van der Waals surface area (Å²) >= 11 is 0. The molecule has 5 N–H and O–H groups in total. The molecule has 0 amide bonds. The molecule has 2 aromatic carbocycles. The van der Waals surface area contributed by atoms with Gasteiger partial charge in [0.1, 0.15) is 6.29 Å². The van der Waals surface area contributed by atoms with Crippen molar-refractivity contribution in [1.29, 1.82) is 0 Å². The maximum atomic E-state index is 8.81. The number of aldehydes is 1. The van der Waals surface area contributed by atoms with E-state index in [1.807, 2.05) is 64.1 Å². The van der Waals surface area contributed by atoms with Crippen LogP contribution in [0.15, 0.2) is 48.5 Å². The van der Waals surface area contributed by atoms with Crippen molar-refractivity contribution in [3.63, 3.8) is 0 Å². The Labute approximate surface area is 164 Å². The first-order chi connectivity index (χ1) is 13.1. The number of hydrazine groups is 1. The van der Waals surface area contributed by atoms with Crippen LogP contribution in [0.2, 0.25) is 0 Å². The van der Waals surface area contributed by atoms with Gasteiger partial charge in [0.05, 0.1) is 11.4 Å². The first-order valence-corrected chi connectivity index (χ1v) is 9.39. The Balaban J connectivity index is 0.000000860. The molecule has 3 rings (SSSR count). The van der Waals surface area contributed by atoms with Crippen LogP contribution in [0, 0.1) is 0 Å². The van der Waals surface area contributed by atoms with Crippen molar-refractivity contribution < 1.29 is 4.79 Å². The largest absolute Gasteiger partial charge is 0.396 e. The highest BCUT2D eigenvalue weighted by Gasteiger charge is 2.19. The molecule has 1 heterocycles. The van der Waals surface area contributed by atoms with Crippen molar-refractivity contribution in [3.8, 4) is 0 Å². The van der Waals surface area contributed by atoms with Gasteiger partial charge in [0.2, 0.25) is 0 Å². The fourth-order valence-corrected chi connectivity index (χ4v) is 2.71. The van der Waals surface area contributed by atoms with Gasteiger partial charge in [0, 0.05) is 30.4 Å². The third-order valence-electron chi connectivity index (χ3n) is 3.71.